The molecular weight excluding hydrogens is 607 g/mol. The molecule has 0 fully saturated rings. The Hall–Kier alpha value is -3.86. The molecular formula is C35H41F5N2O4. The van der Waals surface area contributed by atoms with Crippen LogP contribution in [0.3, 0.4) is 0 Å². The van der Waals surface area contributed by atoms with Crippen molar-refractivity contribution in [3.8, 4) is 11.1 Å². The van der Waals surface area contributed by atoms with E-state index in [0.717, 1.165) is 10.8 Å². The van der Waals surface area contributed by atoms with Crippen molar-refractivity contribution < 1.29 is 36.6 Å². The van der Waals surface area contributed by atoms with Gasteiger partial charge in [-0.05, 0) is 117 Å². The zero-order valence-corrected chi connectivity index (χ0v) is 27.2. The van der Waals surface area contributed by atoms with Crippen molar-refractivity contribution in [2.45, 2.75) is 78.4 Å². The van der Waals surface area contributed by atoms with E-state index in [2.05, 4.69) is 0 Å². The minimum absolute atomic E-state index is 0.0244. The highest BCUT2D eigenvalue weighted by molar-refractivity contribution is 5.84. The Morgan fingerprint density at radius 2 is 1.54 bits per heavy atom. The number of aliphatic carboxylic acids is 1. The van der Waals surface area contributed by atoms with Gasteiger partial charge in [-0.15, -0.1) is 0 Å². The first-order chi connectivity index (χ1) is 21.3. The van der Waals surface area contributed by atoms with Crippen molar-refractivity contribution >= 4 is 11.8 Å². The monoisotopic (exact) mass is 648 g/mol. The van der Waals surface area contributed by atoms with E-state index in [0.29, 0.717) is 28.3 Å². The Balaban J connectivity index is 2.15. The molecule has 0 saturated heterocycles. The van der Waals surface area contributed by atoms with Crippen LogP contribution in [-0.2, 0) is 22.2 Å². The molecule has 3 rings (SSSR count). The lowest BCUT2D eigenvalue weighted by Gasteiger charge is -2.26. The van der Waals surface area contributed by atoms with Crippen LogP contribution in [0.15, 0.2) is 41.3 Å². The number of likely N-dealkylation sites (N-methyl/N-ethyl adjacent to an activating group) is 1. The summed E-state index contributed by atoms with van der Waals surface area (Å²) in [5, 5.41) is 9.77. The second-order valence-electron chi connectivity index (χ2n) is 12.7. The first kappa shape index (κ1) is 36.6. The molecule has 46 heavy (non-hydrogen) atoms. The highest BCUT2D eigenvalue weighted by Crippen LogP contribution is 2.37. The SMILES string of the molecule is Cc1cc(-c2c(C)cc(F)cc2C)cc([C@H](CC(=O)O)CC(=O)C(CC(C)C)n2cc(CCN(C)C)c(C(F)(F)F)cc2=O)c1F. The largest absolute Gasteiger partial charge is 0.481 e. The summed E-state index contributed by atoms with van der Waals surface area (Å²) in [6.07, 6.45) is -4.75. The summed E-state index contributed by atoms with van der Waals surface area (Å²) in [6.45, 7) is 8.75. The molecule has 0 amide bonds. The molecule has 0 aliphatic heterocycles. The number of pyridine rings is 1. The lowest BCUT2D eigenvalue weighted by molar-refractivity contribution is -0.139. The Bertz CT molecular complexity index is 1640. The number of aryl methyl sites for hydroxylation is 3. The molecule has 0 spiro atoms. The molecule has 6 nitrogen and oxygen atoms in total. The predicted octanol–water partition coefficient (Wildman–Crippen LogP) is 7.65. The van der Waals surface area contributed by atoms with Crippen molar-refractivity contribution in [1.29, 1.82) is 0 Å². The Labute approximate surface area is 265 Å². The summed E-state index contributed by atoms with van der Waals surface area (Å²) in [5.41, 5.74) is 0.277. The molecule has 1 unspecified atom stereocenters. The summed E-state index contributed by atoms with van der Waals surface area (Å²) in [5.74, 6) is -4.34. The highest BCUT2D eigenvalue weighted by atomic mass is 19.4. The zero-order valence-electron chi connectivity index (χ0n) is 27.2. The standard InChI is InChI=1S/C35H41F5N2O4/c1-19(2)10-29(42-18-23(8-9-41(6)7)28(17-31(42)44)35(38,39)40)30(43)15-24(16-32(45)46)27-14-25(11-22(5)34(27)37)33-20(3)12-26(36)13-21(33)4/h11-14,17-19,24,29H,8-10,15-16H2,1-7H3,(H,45,46)/t24-,29?/m0/s1. The molecule has 0 aliphatic rings. The minimum atomic E-state index is -4.79. The maximum atomic E-state index is 15.7. The van der Waals surface area contributed by atoms with Gasteiger partial charge in [0.1, 0.15) is 11.6 Å². The number of benzene rings is 2. The fourth-order valence-electron chi connectivity index (χ4n) is 5.98. The number of carboxylic acids is 1. The van der Waals surface area contributed by atoms with Gasteiger partial charge in [-0.1, -0.05) is 13.8 Å². The van der Waals surface area contributed by atoms with E-state index in [-0.39, 0.29) is 42.0 Å². The Morgan fingerprint density at radius 3 is 2.07 bits per heavy atom. The summed E-state index contributed by atoms with van der Waals surface area (Å²) < 4.78 is 72.5. The van der Waals surface area contributed by atoms with Gasteiger partial charge in [-0.2, -0.15) is 13.2 Å². The number of carbonyl (C=O) groups is 2. The third-order valence-corrected chi connectivity index (χ3v) is 8.08. The number of ketones is 1. The molecule has 2 atom stereocenters. The van der Waals surface area contributed by atoms with E-state index in [1.165, 1.54) is 25.1 Å². The molecule has 0 bridgehead atoms. The van der Waals surface area contributed by atoms with Gasteiger partial charge in [0.25, 0.3) is 5.56 Å². The van der Waals surface area contributed by atoms with Crippen molar-refractivity contribution in [2.24, 2.45) is 5.92 Å². The molecule has 2 aromatic carbocycles. The third-order valence-electron chi connectivity index (χ3n) is 8.08. The van der Waals surface area contributed by atoms with Crippen LogP contribution in [0.25, 0.3) is 11.1 Å². The van der Waals surface area contributed by atoms with Crippen LogP contribution >= 0.6 is 0 Å². The number of hydrogen-bond acceptors (Lipinski definition) is 4. The molecule has 0 radical (unpaired) electrons. The van der Waals surface area contributed by atoms with Crippen molar-refractivity contribution in [1.82, 2.24) is 9.47 Å². The van der Waals surface area contributed by atoms with Gasteiger partial charge in [0, 0.05) is 31.1 Å². The van der Waals surface area contributed by atoms with E-state index in [1.54, 1.807) is 52.8 Å². The quantitative estimate of drug-likeness (QED) is 0.193. The summed E-state index contributed by atoms with van der Waals surface area (Å²) in [6, 6.07) is 5.01. The fourth-order valence-corrected chi connectivity index (χ4v) is 5.98. The summed E-state index contributed by atoms with van der Waals surface area (Å²) in [4.78, 5) is 40.8. The predicted molar refractivity (Wildman–Crippen MR) is 167 cm³/mol. The topological polar surface area (TPSA) is 79.6 Å². The van der Waals surface area contributed by atoms with Gasteiger partial charge in [0.15, 0.2) is 5.78 Å². The van der Waals surface area contributed by atoms with Gasteiger partial charge in [0.2, 0.25) is 0 Å². The maximum absolute atomic E-state index is 15.7. The number of carbonyl (C=O) groups excluding carboxylic acids is 1. The van der Waals surface area contributed by atoms with E-state index < -0.39 is 65.5 Å². The number of carboxylic acid groups (broad SMARTS) is 1. The second kappa shape index (κ2) is 14.7. The lowest BCUT2D eigenvalue weighted by atomic mass is 9.84. The van der Waals surface area contributed by atoms with Gasteiger partial charge in [-0.25, -0.2) is 8.78 Å². The van der Waals surface area contributed by atoms with Crippen LogP contribution in [0.4, 0.5) is 22.0 Å². The highest BCUT2D eigenvalue weighted by Gasteiger charge is 2.36. The van der Waals surface area contributed by atoms with Crippen LogP contribution in [0.5, 0.6) is 0 Å². The molecule has 3 aromatic rings. The molecule has 1 N–H and O–H groups in total. The molecule has 250 valence electrons. The van der Waals surface area contributed by atoms with E-state index in [9.17, 15) is 37.1 Å². The number of nitrogens with zero attached hydrogens (tertiary/aromatic N) is 2. The van der Waals surface area contributed by atoms with Crippen molar-refractivity contribution in [2.75, 3.05) is 20.6 Å². The maximum Gasteiger partial charge on any atom is 0.416 e. The number of halogens is 5. The van der Waals surface area contributed by atoms with Crippen molar-refractivity contribution in [3.63, 3.8) is 0 Å². The van der Waals surface area contributed by atoms with Crippen molar-refractivity contribution in [3.05, 3.63) is 91.9 Å². The average Bonchev–Trinajstić information content (AvgIpc) is 2.90. The number of alkyl halides is 3. The normalized spacial score (nSPS) is 13.3. The fraction of sp³-hybridized carbons (Fsp3) is 0.457. The summed E-state index contributed by atoms with van der Waals surface area (Å²) in [7, 11) is 3.40. The average molecular weight is 649 g/mol. The smallest absolute Gasteiger partial charge is 0.416 e. The zero-order chi connectivity index (χ0) is 34.7. The number of aromatic nitrogens is 1. The molecule has 0 saturated carbocycles. The molecule has 0 aliphatic carbocycles. The lowest BCUT2D eigenvalue weighted by Crippen LogP contribution is -2.33. The minimum Gasteiger partial charge on any atom is -0.481 e. The van der Waals surface area contributed by atoms with Crippen LogP contribution < -0.4 is 5.56 Å². The van der Waals surface area contributed by atoms with Crippen LogP contribution in [0.2, 0.25) is 0 Å². The Morgan fingerprint density at radius 1 is 0.935 bits per heavy atom. The Kier molecular flexibility index (Phi) is 11.7. The number of rotatable bonds is 13. The second-order valence-corrected chi connectivity index (χ2v) is 12.7. The summed E-state index contributed by atoms with van der Waals surface area (Å²) >= 11 is 0. The van der Waals surface area contributed by atoms with Gasteiger partial charge < -0.3 is 14.6 Å². The first-order valence-corrected chi connectivity index (χ1v) is 15.1. The first-order valence-electron chi connectivity index (χ1n) is 15.1. The van der Waals surface area contributed by atoms with Gasteiger partial charge >= 0.3 is 12.1 Å². The van der Waals surface area contributed by atoms with Crippen LogP contribution in [-0.4, -0.2) is 47.0 Å². The van der Waals surface area contributed by atoms with Crippen LogP contribution in [0.1, 0.15) is 78.5 Å². The van der Waals surface area contributed by atoms with E-state index >= 15 is 4.39 Å². The molecule has 11 heteroatoms. The van der Waals surface area contributed by atoms with Gasteiger partial charge in [0.05, 0.1) is 18.0 Å². The molecule has 1 aromatic heterocycles. The van der Waals surface area contributed by atoms with Gasteiger partial charge in [-0.3, -0.25) is 14.4 Å². The third kappa shape index (κ3) is 8.90. The molecule has 1 heterocycles. The number of Topliss-reactive ketones (excluding diaryl/α,β-unsaturated/α-hetero) is 1. The van der Waals surface area contributed by atoms with E-state index in [4.69, 9.17) is 0 Å². The number of hydrogen-bond donors (Lipinski definition) is 1. The van der Waals surface area contributed by atoms with Crippen LogP contribution in [0, 0.1) is 38.3 Å². The van der Waals surface area contributed by atoms with E-state index in [1.807, 2.05) is 0 Å².